The SMILES string of the molecule is CCO[C@H](/C=C/C(=O)Nc1ccccc1N)[C@H](OC(=O)Nc1ccc(SC)cc1)c1ccc(O)cc1. The number of benzene rings is 3. The normalized spacial score (nSPS) is 12.6. The number of thioether (sulfide) groups is 1. The van der Waals surface area contributed by atoms with Crippen molar-refractivity contribution in [2.24, 2.45) is 0 Å². The van der Waals surface area contributed by atoms with Crippen molar-refractivity contribution in [3.63, 3.8) is 0 Å². The smallest absolute Gasteiger partial charge is 0.412 e. The lowest BCUT2D eigenvalue weighted by Gasteiger charge is -2.25. The maximum atomic E-state index is 12.8. The van der Waals surface area contributed by atoms with Crippen LogP contribution in [0.1, 0.15) is 18.6 Å². The van der Waals surface area contributed by atoms with Crippen molar-refractivity contribution < 1.29 is 24.2 Å². The Hall–Kier alpha value is -3.95. The molecule has 5 N–H and O–H groups in total. The number of phenols is 1. The van der Waals surface area contributed by atoms with Crippen LogP contribution in [0.5, 0.6) is 5.75 Å². The van der Waals surface area contributed by atoms with E-state index in [4.69, 9.17) is 15.2 Å². The first-order valence-corrected chi connectivity index (χ1v) is 12.5. The molecule has 0 saturated heterocycles. The van der Waals surface area contributed by atoms with Crippen LogP contribution in [0.2, 0.25) is 0 Å². The number of nitrogens with one attached hydrogen (secondary N) is 2. The first-order valence-electron chi connectivity index (χ1n) is 11.3. The minimum Gasteiger partial charge on any atom is -0.508 e. The number of nitrogen functional groups attached to an aromatic ring is 1. The molecule has 0 heterocycles. The predicted molar refractivity (Wildman–Crippen MR) is 143 cm³/mol. The van der Waals surface area contributed by atoms with Gasteiger partial charge in [0.2, 0.25) is 5.91 Å². The van der Waals surface area contributed by atoms with Crippen molar-refractivity contribution in [1.82, 2.24) is 0 Å². The number of para-hydroxylation sites is 2. The Kier molecular flexibility index (Phi) is 9.79. The summed E-state index contributed by atoms with van der Waals surface area (Å²) in [4.78, 5) is 26.4. The molecule has 3 rings (SSSR count). The molecule has 0 spiro atoms. The second kappa shape index (κ2) is 13.2. The number of aromatic hydroxyl groups is 1. The molecule has 0 fully saturated rings. The van der Waals surface area contributed by atoms with Gasteiger partial charge in [-0.25, -0.2) is 4.79 Å². The molecule has 0 bridgehead atoms. The summed E-state index contributed by atoms with van der Waals surface area (Å²) in [5.74, 6) is -0.348. The molecule has 3 aromatic carbocycles. The molecule has 188 valence electrons. The highest BCUT2D eigenvalue weighted by atomic mass is 32.2. The van der Waals surface area contributed by atoms with Gasteiger partial charge in [-0.05, 0) is 73.3 Å². The molecular formula is C27H29N3O5S. The molecule has 8 nitrogen and oxygen atoms in total. The number of carbonyl (C=O) groups excluding carboxylic acids is 2. The number of amides is 2. The van der Waals surface area contributed by atoms with E-state index >= 15 is 0 Å². The molecule has 2 atom stereocenters. The maximum absolute atomic E-state index is 12.8. The fourth-order valence-electron chi connectivity index (χ4n) is 3.33. The molecule has 0 saturated carbocycles. The van der Waals surface area contributed by atoms with Crippen LogP contribution in [0, 0.1) is 0 Å². The van der Waals surface area contributed by atoms with Gasteiger partial charge in [0.15, 0.2) is 6.10 Å². The summed E-state index contributed by atoms with van der Waals surface area (Å²) in [5, 5.41) is 15.1. The third-order valence-corrected chi connectivity index (χ3v) is 5.85. The fourth-order valence-corrected chi connectivity index (χ4v) is 3.74. The van der Waals surface area contributed by atoms with Crippen molar-refractivity contribution >= 4 is 40.8 Å². The number of nitrogens with two attached hydrogens (primary N) is 1. The van der Waals surface area contributed by atoms with Gasteiger partial charge < -0.3 is 25.6 Å². The lowest BCUT2D eigenvalue weighted by molar-refractivity contribution is -0.112. The number of hydrogen-bond acceptors (Lipinski definition) is 7. The van der Waals surface area contributed by atoms with Gasteiger partial charge in [-0.15, -0.1) is 11.8 Å². The van der Waals surface area contributed by atoms with E-state index in [-0.39, 0.29) is 5.75 Å². The fraction of sp³-hybridized carbons (Fsp3) is 0.185. The minimum absolute atomic E-state index is 0.0687. The van der Waals surface area contributed by atoms with Gasteiger partial charge in [-0.1, -0.05) is 24.3 Å². The van der Waals surface area contributed by atoms with E-state index in [0.29, 0.717) is 29.2 Å². The second-order valence-electron chi connectivity index (χ2n) is 7.63. The van der Waals surface area contributed by atoms with Gasteiger partial charge in [0.1, 0.15) is 11.9 Å². The van der Waals surface area contributed by atoms with E-state index in [1.807, 2.05) is 18.4 Å². The van der Waals surface area contributed by atoms with E-state index in [2.05, 4.69) is 10.6 Å². The molecule has 0 radical (unpaired) electrons. The molecule has 0 unspecified atom stereocenters. The Labute approximate surface area is 214 Å². The number of carbonyl (C=O) groups is 2. The molecule has 0 aliphatic heterocycles. The summed E-state index contributed by atoms with van der Waals surface area (Å²) in [7, 11) is 0. The van der Waals surface area contributed by atoms with Crippen molar-refractivity contribution in [3.05, 3.63) is 90.5 Å². The van der Waals surface area contributed by atoms with Crippen LogP contribution in [0.4, 0.5) is 21.9 Å². The highest BCUT2D eigenvalue weighted by Gasteiger charge is 2.26. The van der Waals surface area contributed by atoms with E-state index in [1.54, 1.807) is 67.2 Å². The number of ether oxygens (including phenoxy) is 2. The lowest BCUT2D eigenvalue weighted by atomic mass is 10.0. The molecule has 36 heavy (non-hydrogen) atoms. The molecule has 0 aliphatic carbocycles. The lowest BCUT2D eigenvalue weighted by Crippen LogP contribution is -2.28. The van der Waals surface area contributed by atoms with Crippen LogP contribution < -0.4 is 16.4 Å². The van der Waals surface area contributed by atoms with E-state index < -0.39 is 24.2 Å². The van der Waals surface area contributed by atoms with Crippen LogP contribution in [0.15, 0.2) is 89.8 Å². The van der Waals surface area contributed by atoms with Gasteiger partial charge in [0, 0.05) is 23.3 Å². The standard InChI is InChI=1S/C27H29N3O5S/c1-3-34-24(16-17-25(32)30-23-7-5-4-6-22(23)28)26(18-8-12-20(31)13-9-18)35-27(33)29-19-10-14-21(36-2)15-11-19/h4-17,24,26,31H,3,28H2,1-2H3,(H,29,33)(H,30,32)/b17-16+/t24-,26-/m1/s1. The van der Waals surface area contributed by atoms with Crippen molar-refractivity contribution in [1.29, 1.82) is 0 Å². The Balaban J connectivity index is 1.79. The van der Waals surface area contributed by atoms with Crippen molar-refractivity contribution in [2.45, 2.75) is 24.0 Å². The third-order valence-electron chi connectivity index (χ3n) is 5.11. The van der Waals surface area contributed by atoms with Crippen LogP contribution in [-0.4, -0.2) is 36.1 Å². The molecular weight excluding hydrogens is 478 g/mol. The van der Waals surface area contributed by atoms with Crippen LogP contribution in [-0.2, 0) is 14.3 Å². The number of hydrogen-bond donors (Lipinski definition) is 4. The van der Waals surface area contributed by atoms with Gasteiger partial charge in [0.25, 0.3) is 0 Å². The summed E-state index contributed by atoms with van der Waals surface area (Å²) < 4.78 is 11.6. The molecule has 9 heteroatoms. The molecule has 3 aromatic rings. The summed E-state index contributed by atoms with van der Waals surface area (Å²) in [6, 6.07) is 20.5. The summed E-state index contributed by atoms with van der Waals surface area (Å²) in [6.45, 7) is 2.10. The zero-order valence-corrected chi connectivity index (χ0v) is 20.8. The monoisotopic (exact) mass is 507 g/mol. The van der Waals surface area contributed by atoms with Gasteiger partial charge in [0.05, 0.1) is 11.4 Å². The Morgan fingerprint density at radius 1 is 1.03 bits per heavy atom. The average molecular weight is 508 g/mol. The maximum Gasteiger partial charge on any atom is 0.412 e. The predicted octanol–water partition coefficient (Wildman–Crippen LogP) is 5.59. The zero-order valence-electron chi connectivity index (χ0n) is 20.0. The largest absolute Gasteiger partial charge is 0.508 e. The third kappa shape index (κ3) is 7.79. The van der Waals surface area contributed by atoms with Gasteiger partial charge in [-0.3, -0.25) is 10.1 Å². The van der Waals surface area contributed by atoms with Crippen LogP contribution >= 0.6 is 11.8 Å². The Morgan fingerprint density at radius 2 is 1.72 bits per heavy atom. The topological polar surface area (TPSA) is 123 Å². The van der Waals surface area contributed by atoms with E-state index in [9.17, 15) is 14.7 Å². The Morgan fingerprint density at radius 3 is 2.36 bits per heavy atom. The first-order chi connectivity index (χ1) is 17.4. The van der Waals surface area contributed by atoms with Crippen LogP contribution in [0.25, 0.3) is 0 Å². The second-order valence-corrected chi connectivity index (χ2v) is 8.51. The highest BCUT2D eigenvalue weighted by Crippen LogP contribution is 2.28. The molecule has 0 aliphatic rings. The Bertz CT molecular complexity index is 1180. The average Bonchev–Trinajstić information content (AvgIpc) is 2.88. The van der Waals surface area contributed by atoms with E-state index in [1.165, 1.54) is 24.3 Å². The van der Waals surface area contributed by atoms with Crippen LogP contribution in [0.3, 0.4) is 0 Å². The molecule has 0 aromatic heterocycles. The molecule has 2 amide bonds. The number of phenolic OH excluding ortho intramolecular Hbond substituents is 1. The van der Waals surface area contributed by atoms with E-state index in [0.717, 1.165) is 4.90 Å². The number of anilines is 3. The first kappa shape index (κ1) is 26.7. The van der Waals surface area contributed by atoms with Crippen molar-refractivity contribution in [2.75, 3.05) is 29.2 Å². The summed E-state index contributed by atoms with van der Waals surface area (Å²) in [6.07, 6.45) is 2.42. The summed E-state index contributed by atoms with van der Waals surface area (Å²) in [5.41, 5.74) is 7.97. The highest BCUT2D eigenvalue weighted by molar-refractivity contribution is 7.98. The van der Waals surface area contributed by atoms with Gasteiger partial charge in [-0.2, -0.15) is 0 Å². The van der Waals surface area contributed by atoms with Crippen molar-refractivity contribution in [3.8, 4) is 5.75 Å². The summed E-state index contributed by atoms with van der Waals surface area (Å²) >= 11 is 1.60. The minimum atomic E-state index is -0.901. The quantitative estimate of drug-likeness (QED) is 0.160. The van der Waals surface area contributed by atoms with Gasteiger partial charge >= 0.3 is 6.09 Å². The zero-order chi connectivity index (χ0) is 25.9. The number of rotatable bonds is 10.